The summed E-state index contributed by atoms with van der Waals surface area (Å²) in [6.45, 7) is 1.99. The van der Waals surface area contributed by atoms with Crippen LogP contribution in [0, 0.1) is 6.92 Å². The topological polar surface area (TPSA) is 116 Å². The Morgan fingerprint density at radius 3 is 2.52 bits per heavy atom. The van der Waals surface area contributed by atoms with Crippen molar-refractivity contribution in [3.63, 3.8) is 0 Å². The lowest BCUT2D eigenvalue weighted by Crippen LogP contribution is -2.23. The Morgan fingerprint density at radius 1 is 1.03 bits per heavy atom. The molecule has 9 heteroatoms. The maximum absolute atomic E-state index is 12.5. The van der Waals surface area contributed by atoms with E-state index < -0.39 is 5.91 Å². The highest BCUT2D eigenvalue weighted by molar-refractivity contribution is 6.04. The van der Waals surface area contributed by atoms with Crippen LogP contribution >= 0.6 is 0 Å². The largest absolute Gasteiger partial charge is 0.493 e. The van der Waals surface area contributed by atoms with Crippen molar-refractivity contribution in [2.45, 2.75) is 13.5 Å². The molecule has 9 nitrogen and oxygen atoms in total. The van der Waals surface area contributed by atoms with Gasteiger partial charge in [0.05, 0.1) is 14.2 Å². The summed E-state index contributed by atoms with van der Waals surface area (Å²) >= 11 is 0. The third-order valence-electron chi connectivity index (χ3n) is 4.03. The van der Waals surface area contributed by atoms with Crippen LogP contribution in [0.1, 0.15) is 32.2 Å². The van der Waals surface area contributed by atoms with Crippen LogP contribution in [-0.2, 0) is 6.54 Å². The summed E-state index contributed by atoms with van der Waals surface area (Å²) in [5.41, 5.74) is 1.23. The van der Waals surface area contributed by atoms with E-state index in [1.807, 2.05) is 6.07 Å². The smallest absolute Gasteiger partial charge is 0.275 e. The number of ether oxygens (including phenoxy) is 2. The van der Waals surface area contributed by atoms with Gasteiger partial charge in [0, 0.05) is 24.4 Å². The van der Waals surface area contributed by atoms with Crippen LogP contribution in [0.25, 0.3) is 0 Å². The monoisotopic (exact) mass is 396 g/mol. The fourth-order valence-electron chi connectivity index (χ4n) is 2.58. The number of amides is 2. The third-order valence-corrected chi connectivity index (χ3v) is 4.03. The maximum atomic E-state index is 12.5. The highest BCUT2D eigenvalue weighted by Gasteiger charge is 2.14. The van der Waals surface area contributed by atoms with Crippen molar-refractivity contribution in [3.8, 4) is 11.5 Å². The minimum absolute atomic E-state index is 0.0874. The molecule has 0 atom stereocenters. The zero-order valence-corrected chi connectivity index (χ0v) is 16.2. The van der Waals surface area contributed by atoms with Crippen molar-refractivity contribution in [1.82, 2.24) is 15.5 Å². The van der Waals surface area contributed by atoms with Gasteiger partial charge in [-0.1, -0.05) is 11.2 Å². The minimum atomic E-state index is -0.493. The van der Waals surface area contributed by atoms with Crippen molar-refractivity contribution in [2.75, 3.05) is 19.5 Å². The molecule has 0 saturated carbocycles. The lowest BCUT2D eigenvalue weighted by atomic mass is 10.1. The first kappa shape index (κ1) is 19.9. The van der Waals surface area contributed by atoms with E-state index in [1.165, 1.54) is 18.3 Å². The third kappa shape index (κ3) is 4.89. The molecule has 0 saturated heterocycles. The molecule has 2 heterocycles. The van der Waals surface area contributed by atoms with Gasteiger partial charge in [-0.05, 0) is 36.8 Å². The van der Waals surface area contributed by atoms with Crippen LogP contribution < -0.4 is 20.1 Å². The first-order valence-corrected chi connectivity index (χ1v) is 8.70. The first-order chi connectivity index (χ1) is 14.0. The van der Waals surface area contributed by atoms with E-state index in [-0.39, 0.29) is 24.0 Å². The van der Waals surface area contributed by atoms with Gasteiger partial charge in [-0.15, -0.1) is 0 Å². The summed E-state index contributed by atoms with van der Waals surface area (Å²) in [7, 11) is 3.10. The summed E-state index contributed by atoms with van der Waals surface area (Å²) in [5, 5.41) is 9.06. The summed E-state index contributed by atoms with van der Waals surface area (Å²) in [4.78, 5) is 28.8. The van der Waals surface area contributed by atoms with Crippen LogP contribution in [0.5, 0.6) is 11.5 Å². The molecule has 0 spiro atoms. The fraction of sp³-hybridized carbons (Fsp3) is 0.200. The second-order valence-electron chi connectivity index (χ2n) is 6.08. The molecule has 0 fully saturated rings. The van der Waals surface area contributed by atoms with Crippen LogP contribution in [-0.4, -0.2) is 36.2 Å². The van der Waals surface area contributed by atoms with Gasteiger partial charge in [0.15, 0.2) is 17.3 Å². The highest BCUT2D eigenvalue weighted by atomic mass is 16.5. The quantitative estimate of drug-likeness (QED) is 0.630. The molecule has 150 valence electrons. The van der Waals surface area contributed by atoms with E-state index >= 15 is 0 Å². The van der Waals surface area contributed by atoms with Gasteiger partial charge >= 0.3 is 0 Å². The number of aromatic nitrogens is 2. The van der Waals surface area contributed by atoms with Crippen LogP contribution in [0.2, 0.25) is 0 Å². The Bertz CT molecular complexity index is 1030. The predicted octanol–water partition coefficient (Wildman–Crippen LogP) is 2.58. The molecule has 0 aliphatic heterocycles. The minimum Gasteiger partial charge on any atom is -0.493 e. The number of hydrogen-bond donors (Lipinski definition) is 2. The molecule has 2 aromatic heterocycles. The van der Waals surface area contributed by atoms with Crippen molar-refractivity contribution >= 4 is 17.6 Å². The maximum Gasteiger partial charge on any atom is 0.275 e. The molecular formula is C20H20N4O5. The zero-order valence-electron chi connectivity index (χ0n) is 16.2. The standard InChI is InChI=1S/C20H20N4O5/c1-12-8-18(24-29-12)23-20(26)15-10-14(6-7-21-15)19(25)22-11-13-4-5-16(27-2)17(9-13)28-3/h4-10H,11H2,1-3H3,(H,22,25)(H,23,24,26). The number of anilines is 1. The molecule has 0 aliphatic carbocycles. The van der Waals surface area contributed by atoms with E-state index in [1.54, 1.807) is 39.3 Å². The number of methoxy groups -OCH3 is 2. The first-order valence-electron chi connectivity index (χ1n) is 8.70. The van der Waals surface area contributed by atoms with Gasteiger partial charge in [-0.25, -0.2) is 0 Å². The number of aryl methyl sites for hydroxylation is 1. The lowest BCUT2D eigenvalue weighted by Gasteiger charge is -2.10. The van der Waals surface area contributed by atoms with Crippen LogP contribution in [0.4, 0.5) is 5.82 Å². The number of benzene rings is 1. The molecule has 1 aromatic carbocycles. The van der Waals surface area contributed by atoms with Crippen molar-refractivity contribution < 1.29 is 23.6 Å². The number of carbonyl (C=O) groups excluding carboxylic acids is 2. The Labute approximate surface area is 167 Å². The van der Waals surface area contributed by atoms with Gasteiger partial charge < -0.3 is 24.6 Å². The average molecular weight is 396 g/mol. The lowest BCUT2D eigenvalue weighted by molar-refractivity contribution is 0.0950. The van der Waals surface area contributed by atoms with Gasteiger partial charge in [-0.3, -0.25) is 14.6 Å². The molecule has 2 N–H and O–H groups in total. The Hall–Kier alpha value is -3.88. The van der Waals surface area contributed by atoms with Crippen molar-refractivity contribution in [1.29, 1.82) is 0 Å². The average Bonchev–Trinajstić information content (AvgIpc) is 3.16. The van der Waals surface area contributed by atoms with E-state index in [0.717, 1.165) is 5.56 Å². The van der Waals surface area contributed by atoms with Crippen molar-refractivity contribution in [2.24, 2.45) is 0 Å². The zero-order chi connectivity index (χ0) is 20.8. The van der Waals surface area contributed by atoms with Gasteiger partial charge in [0.25, 0.3) is 11.8 Å². The van der Waals surface area contributed by atoms with E-state index in [0.29, 0.717) is 22.8 Å². The molecule has 0 bridgehead atoms. The molecule has 0 radical (unpaired) electrons. The molecule has 2 amide bonds. The van der Waals surface area contributed by atoms with E-state index in [9.17, 15) is 9.59 Å². The van der Waals surface area contributed by atoms with E-state index in [2.05, 4.69) is 20.8 Å². The Balaban J connectivity index is 1.65. The normalized spacial score (nSPS) is 10.3. The number of hydrogen-bond acceptors (Lipinski definition) is 7. The molecular weight excluding hydrogens is 376 g/mol. The number of carbonyl (C=O) groups is 2. The van der Waals surface area contributed by atoms with Crippen LogP contribution in [0.3, 0.4) is 0 Å². The molecule has 3 aromatic rings. The summed E-state index contributed by atoms with van der Waals surface area (Å²) in [6, 6.07) is 9.89. The van der Waals surface area contributed by atoms with Gasteiger partial charge in [0.1, 0.15) is 11.5 Å². The number of pyridine rings is 1. The second-order valence-corrected chi connectivity index (χ2v) is 6.08. The van der Waals surface area contributed by atoms with E-state index in [4.69, 9.17) is 14.0 Å². The summed E-state index contributed by atoms with van der Waals surface area (Å²) < 4.78 is 15.4. The van der Waals surface area contributed by atoms with Crippen molar-refractivity contribution in [3.05, 3.63) is 65.2 Å². The second kappa shape index (κ2) is 8.87. The summed E-state index contributed by atoms with van der Waals surface area (Å²) in [5.74, 6) is 1.19. The number of nitrogens with one attached hydrogen (secondary N) is 2. The van der Waals surface area contributed by atoms with Crippen LogP contribution in [0.15, 0.2) is 47.1 Å². The Morgan fingerprint density at radius 2 is 1.83 bits per heavy atom. The SMILES string of the molecule is COc1ccc(CNC(=O)c2ccnc(C(=O)Nc3cc(C)on3)c2)cc1OC. The predicted molar refractivity (Wildman–Crippen MR) is 104 cm³/mol. The van der Waals surface area contributed by atoms with Gasteiger partial charge in [-0.2, -0.15) is 0 Å². The van der Waals surface area contributed by atoms with Gasteiger partial charge in [0.2, 0.25) is 0 Å². The summed E-state index contributed by atoms with van der Waals surface area (Å²) in [6.07, 6.45) is 1.40. The fourth-order valence-corrected chi connectivity index (χ4v) is 2.58. The molecule has 29 heavy (non-hydrogen) atoms. The number of nitrogens with zero attached hydrogens (tertiary/aromatic N) is 2. The molecule has 3 rings (SSSR count). The number of rotatable bonds is 7. The highest BCUT2D eigenvalue weighted by Crippen LogP contribution is 2.27. The molecule has 0 aliphatic rings. The Kier molecular flexibility index (Phi) is 6.08. The molecule has 0 unspecified atom stereocenters.